The van der Waals surface area contributed by atoms with Gasteiger partial charge in [-0.15, -0.1) is 0 Å². The number of halogens is 2. The molecule has 0 bridgehead atoms. The quantitative estimate of drug-likeness (QED) is 0.752. The number of hydrogen-bond acceptors (Lipinski definition) is 2. The van der Waals surface area contributed by atoms with Crippen molar-refractivity contribution >= 4 is 40.7 Å². The van der Waals surface area contributed by atoms with Gasteiger partial charge in [0.15, 0.2) is 0 Å². The molecule has 0 aromatic heterocycles. The van der Waals surface area contributed by atoms with Gasteiger partial charge in [-0.1, -0.05) is 47.5 Å². The zero-order valence-corrected chi connectivity index (χ0v) is 16.6. The van der Waals surface area contributed by atoms with Crippen molar-refractivity contribution < 1.29 is 9.59 Å². The first kappa shape index (κ1) is 20.3. The largest absolute Gasteiger partial charge is 0.338 e. The lowest BCUT2D eigenvalue weighted by molar-refractivity contribution is -0.129. The van der Waals surface area contributed by atoms with Gasteiger partial charge in [-0.3, -0.25) is 9.59 Å². The van der Waals surface area contributed by atoms with E-state index in [0.717, 1.165) is 16.7 Å². The Hall–Kier alpha value is -2.04. The second-order valence-corrected chi connectivity index (χ2v) is 7.08. The fourth-order valence-electron chi connectivity index (χ4n) is 2.69. The molecule has 0 aliphatic rings. The summed E-state index contributed by atoms with van der Waals surface area (Å²) in [4.78, 5) is 25.8. The van der Waals surface area contributed by atoms with E-state index in [2.05, 4.69) is 5.32 Å². The molecule has 0 atom stereocenters. The predicted molar refractivity (Wildman–Crippen MR) is 107 cm³/mol. The van der Waals surface area contributed by atoms with E-state index >= 15 is 0 Å². The summed E-state index contributed by atoms with van der Waals surface area (Å²) in [6.45, 7) is 5.99. The maximum absolute atomic E-state index is 12.3. The summed E-state index contributed by atoms with van der Waals surface area (Å²) < 4.78 is 0. The zero-order valence-electron chi connectivity index (χ0n) is 15.1. The Kier molecular flexibility index (Phi) is 7.06. The summed E-state index contributed by atoms with van der Waals surface area (Å²) in [6.07, 6.45) is 0.174. The number of nitrogens with zero attached hydrogens (tertiary/aromatic N) is 1. The number of hydrogen-bond donors (Lipinski definition) is 1. The fourth-order valence-corrected chi connectivity index (χ4v) is 3.26. The van der Waals surface area contributed by atoms with Gasteiger partial charge < -0.3 is 10.2 Å². The van der Waals surface area contributed by atoms with E-state index in [4.69, 9.17) is 23.2 Å². The molecule has 138 valence electrons. The first-order valence-electron chi connectivity index (χ1n) is 8.33. The van der Waals surface area contributed by atoms with E-state index in [9.17, 15) is 9.59 Å². The Bertz CT molecular complexity index is 798. The Morgan fingerprint density at radius 3 is 2.38 bits per heavy atom. The van der Waals surface area contributed by atoms with E-state index in [0.29, 0.717) is 28.8 Å². The summed E-state index contributed by atoms with van der Waals surface area (Å²) in [5.74, 6) is -0.300. The average molecular weight is 393 g/mol. The zero-order chi connectivity index (χ0) is 19.3. The minimum atomic E-state index is -0.190. The van der Waals surface area contributed by atoms with Crippen LogP contribution in [0.2, 0.25) is 10.0 Å². The van der Waals surface area contributed by atoms with Crippen LogP contribution in [0.3, 0.4) is 0 Å². The number of carbonyl (C=O) groups is 2. The molecule has 26 heavy (non-hydrogen) atoms. The van der Waals surface area contributed by atoms with Gasteiger partial charge in [-0.25, -0.2) is 0 Å². The number of amides is 2. The molecule has 2 aromatic carbocycles. The minimum Gasteiger partial charge on any atom is -0.338 e. The lowest BCUT2D eigenvalue weighted by Gasteiger charge is -2.21. The third-order valence-electron chi connectivity index (χ3n) is 4.07. The smallest absolute Gasteiger partial charge is 0.226 e. The number of benzene rings is 2. The van der Waals surface area contributed by atoms with Crippen molar-refractivity contribution in [2.75, 3.05) is 11.9 Å². The Balaban J connectivity index is 2.00. The van der Waals surface area contributed by atoms with Gasteiger partial charge in [-0.05, 0) is 42.7 Å². The van der Waals surface area contributed by atoms with Gasteiger partial charge >= 0.3 is 0 Å². The highest BCUT2D eigenvalue weighted by Gasteiger charge is 2.15. The van der Waals surface area contributed by atoms with Crippen LogP contribution in [-0.4, -0.2) is 23.3 Å². The summed E-state index contributed by atoms with van der Waals surface area (Å²) in [5.41, 5.74) is 3.40. The number of rotatable bonds is 6. The van der Waals surface area contributed by atoms with Crippen molar-refractivity contribution in [3.05, 3.63) is 63.1 Å². The minimum absolute atomic E-state index is 0.109. The summed E-state index contributed by atoms with van der Waals surface area (Å²) in [6, 6.07) is 11.1. The molecule has 2 rings (SSSR count). The molecule has 0 saturated carbocycles. The van der Waals surface area contributed by atoms with Crippen molar-refractivity contribution in [3.8, 4) is 0 Å². The first-order chi connectivity index (χ1) is 12.3. The van der Waals surface area contributed by atoms with Crippen molar-refractivity contribution in [3.63, 3.8) is 0 Å². The summed E-state index contributed by atoms with van der Waals surface area (Å²) >= 11 is 12.4. The lowest BCUT2D eigenvalue weighted by atomic mass is 10.1. The van der Waals surface area contributed by atoms with Crippen LogP contribution in [0.25, 0.3) is 0 Å². The van der Waals surface area contributed by atoms with Crippen LogP contribution < -0.4 is 5.32 Å². The SMILES string of the molecule is CC(=O)N(CCC(=O)Nc1c(C)cc(C)cc1Cl)Cc1ccccc1Cl. The highest BCUT2D eigenvalue weighted by molar-refractivity contribution is 6.34. The van der Waals surface area contributed by atoms with Crippen LogP contribution in [0.5, 0.6) is 0 Å². The first-order valence-corrected chi connectivity index (χ1v) is 9.09. The van der Waals surface area contributed by atoms with Gasteiger partial charge in [0.2, 0.25) is 11.8 Å². The maximum atomic E-state index is 12.3. The van der Waals surface area contributed by atoms with E-state index in [1.165, 1.54) is 6.92 Å². The summed E-state index contributed by atoms with van der Waals surface area (Å²) in [7, 11) is 0. The molecule has 0 unspecified atom stereocenters. The number of nitrogens with one attached hydrogen (secondary N) is 1. The highest BCUT2D eigenvalue weighted by atomic mass is 35.5. The second kappa shape index (κ2) is 9.06. The normalized spacial score (nSPS) is 10.5. The van der Waals surface area contributed by atoms with Crippen molar-refractivity contribution in [1.82, 2.24) is 4.90 Å². The third-order valence-corrected chi connectivity index (χ3v) is 4.74. The van der Waals surface area contributed by atoms with E-state index in [1.807, 2.05) is 44.2 Å². The third kappa shape index (κ3) is 5.48. The van der Waals surface area contributed by atoms with Crippen molar-refractivity contribution in [2.24, 2.45) is 0 Å². The van der Waals surface area contributed by atoms with Gasteiger partial charge in [-0.2, -0.15) is 0 Å². The monoisotopic (exact) mass is 392 g/mol. The molecule has 0 fully saturated rings. The van der Waals surface area contributed by atoms with Crippen LogP contribution >= 0.6 is 23.2 Å². The van der Waals surface area contributed by atoms with Crippen molar-refractivity contribution in [2.45, 2.75) is 33.7 Å². The molecule has 2 amide bonds. The van der Waals surface area contributed by atoms with Gasteiger partial charge in [0.05, 0.1) is 10.7 Å². The topological polar surface area (TPSA) is 49.4 Å². The predicted octanol–water partition coefficient (Wildman–Crippen LogP) is 4.99. The molecule has 1 N–H and O–H groups in total. The fraction of sp³-hybridized carbons (Fsp3) is 0.300. The Labute approximate surface area is 164 Å². The molecule has 0 aliphatic carbocycles. The standard InChI is InChI=1S/C20H22Cl2N2O2/c1-13-10-14(2)20(18(22)11-13)23-19(26)8-9-24(15(3)25)12-16-6-4-5-7-17(16)21/h4-7,10-11H,8-9,12H2,1-3H3,(H,23,26). The molecular formula is C20H22Cl2N2O2. The average Bonchev–Trinajstić information content (AvgIpc) is 2.56. The summed E-state index contributed by atoms with van der Waals surface area (Å²) in [5, 5.41) is 3.95. The van der Waals surface area contributed by atoms with Crippen LogP contribution in [0, 0.1) is 13.8 Å². The second-order valence-electron chi connectivity index (χ2n) is 6.27. The van der Waals surface area contributed by atoms with Gasteiger partial charge in [0.1, 0.15) is 0 Å². The van der Waals surface area contributed by atoms with Crippen LogP contribution in [-0.2, 0) is 16.1 Å². The Morgan fingerprint density at radius 2 is 1.77 bits per heavy atom. The van der Waals surface area contributed by atoms with E-state index in [-0.39, 0.29) is 18.2 Å². The van der Waals surface area contributed by atoms with Crippen LogP contribution in [0.4, 0.5) is 5.69 Å². The van der Waals surface area contributed by atoms with Crippen LogP contribution in [0.1, 0.15) is 30.0 Å². The van der Waals surface area contributed by atoms with Crippen LogP contribution in [0.15, 0.2) is 36.4 Å². The molecule has 4 nitrogen and oxygen atoms in total. The molecule has 6 heteroatoms. The van der Waals surface area contributed by atoms with E-state index < -0.39 is 0 Å². The molecule has 2 aromatic rings. The maximum Gasteiger partial charge on any atom is 0.226 e. The molecule has 0 spiro atoms. The Morgan fingerprint density at radius 1 is 1.08 bits per heavy atom. The molecule has 0 saturated heterocycles. The number of aryl methyl sites for hydroxylation is 2. The molecule has 0 aliphatic heterocycles. The highest BCUT2D eigenvalue weighted by Crippen LogP contribution is 2.27. The van der Waals surface area contributed by atoms with Gasteiger partial charge in [0, 0.05) is 31.5 Å². The lowest BCUT2D eigenvalue weighted by Crippen LogP contribution is -2.31. The molecular weight excluding hydrogens is 371 g/mol. The number of carbonyl (C=O) groups excluding carboxylic acids is 2. The number of anilines is 1. The molecule has 0 heterocycles. The molecule has 0 radical (unpaired) electrons. The van der Waals surface area contributed by atoms with Gasteiger partial charge in [0.25, 0.3) is 0 Å². The van der Waals surface area contributed by atoms with E-state index in [1.54, 1.807) is 11.0 Å². The van der Waals surface area contributed by atoms with Crippen molar-refractivity contribution in [1.29, 1.82) is 0 Å².